The average molecular weight is 286 g/mol. The number of hydrogen-bond acceptors (Lipinski definition) is 1. The first-order chi connectivity index (χ1) is 10.3. The Bertz CT molecular complexity index is 453. The quantitative estimate of drug-likeness (QED) is 0.593. The monoisotopic (exact) mass is 286 g/mol. The van der Waals surface area contributed by atoms with E-state index in [4.69, 9.17) is 4.74 Å². The van der Waals surface area contributed by atoms with Gasteiger partial charge in [0.05, 0.1) is 6.61 Å². The molecule has 0 amide bonds. The van der Waals surface area contributed by atoms with Crippen LogP contribution in [0.5, 0.6) is 5.75 Å². The predicted octanol–water partition coefficient (Wildman–Crippen LogP) is 5.89. The Morgan fingerprint density at radius 3 is 2.52 bits per heavy atom. The molecule has 0 N–H and O–H groups in total. The molecule has 0 spiro atoms. The van der Waals surface area contributed by atoms with Crippen LogP contribution in [0.3, 0.4) is 0 Å². The molecule has 116 valence electrons. The molecule has 1 saturated carbocycles. The highest BCUT2D eigenvalue weighted by molar-refractivity contribution is 5.39. The van der Waals surface area contributed by atoms with Crippen LogP contribution >= 0.6 is 0 Å². The Hall–Kier alpha value is -1.24. The van der Waals surface area contributed by atoms with Crippen molar-refractivity contribution in [2.75, 3.05) is 6.61 Å². The van der Waals surface area contributed by atoms with Gasteiger partial charge in [-0.1, -0.05) is 37.6 Å². The minimum atomic E-state index is 0.748. The summed E-state index contributed by atoms with van der Waals surface area (Å²) < 4.78 is 5.77. The second-order valence-electron chi connectivity index (χ2n) is 6.19. The molecular formula is C20H30O. The number of benzene rings is 1. The summed E-state index contributed by atoms with van der Waals surface area (Å²) in [6.07, 6.45) is 12.2. The summed E-state index contributed by atoms with van der Waals surface area (Å²) >= 11 is 0. The molecule has 1 aliphatic rings. The maximum Gasteiger partial charge on any atom is 0.122 e. The standard InChI is InChI=1S/C20H30O/c1-4-7-16-9-11-17(12-10-16)18-13-14-20(21-6-3)19(15-18)8-5-2/h4,7,13-17H,5-6,8-12H2,1-3H3. The van der Waals surface area contributed by atoms with Crippen molar-refractivity contribution in [3.05, 3.63) is 41.5 Å². The third kappa shape index (κ3) is 4.36. The Kier molecular flexibility index (Phi) is 6.35. The molecule has 0 heterocycles. The van der Waals surface area contributed by atoms with Crippen LogP contribution in [0.4, 0.5) is 0 Å². The predicted molar refractivity (Wildman–Crippen MR) is 91.1 cm³/mol. The zero-order valence-corrected chi connectivity index (χ0v) is 13.9. The molecule has 1 nitrogen and oxygen atoms in total. The number of hydrogen-bond donors (Lipinski definition) is 0. The SMILES string of the molecule is CC=CC1CCC(c2ccc(OCC)c(CCC)c2)CC1. The molecule has 1 aliphatic carbocycles. The molecule has 0 atom stereocenters. The van der Waals surface area contributed by atoms with E-state index in [0.717, 1.165) is 30.6 Å². The van der Waals surface area contributed by atoms with Gasteiger partial charge in [0.25, 0.3) is 0 Å². The van der Waals surface area contributed by atoms with Gasteiger partial charge < -0.3 is 4.74 Å². The van der Waals surface area contributed by atoms with Gasteiger partial charge in [-0.3, -0.25) is 0 Å². The molecule has 1 heteroatoms. The van der Waals surface area contributed by atoms with Crippen molar-refractivity contribution in [1.29, 1.82) is 0 Å². The molecule has 1 aromatic carbocycles. The Morgan fingerprint density at radius 2 is 1.90 bits per heavy atom. The maximum atomic E-state index is 5.77. The number of aryl methyl sites for hydroxylation is 1. The van der Waals surface area contributed by atoms with Gasteiger partial charge in [-0.2, -0.15) is 0 Å². The van der Waals surface area contributed by atoms with Crippen molar-refractivity contribution < 1.29 is 4.74 Å². The molecular weight excluding hydrogens is 256 g/mol. The molecule has 0 bridgehead atoms. The molecule has 0 saturated heterocycles. The highest BCUT2D eigenvalue weighted by Gasteiger charge is 2.21. The van der Waals surface area contributed by atoms with Gasteiger partial charge in [-0.05, 0) is 75.0 Å². The fraction of sp³-hybridized carbons (Fsp3) is 0.600. The lowest BCUT2D eigenvalue weighted by atomic mass is 9.78. The molecule has 0 aromatic heterocycles. The molecule has 1 fully saturated rings. The van der Waals surface area contributed by atoms with Crippen molar-refractivity contribution in [3.63, 3.8) is 0 Å². The minimum absolute atomic E-state index is 0.748. The summed E-state index contributed by atoms with van der Waals surface area (Å²) in [5, 5.41) is 0. The second kappa shape index (κ2) is 8.26. The highest BCUT2D eigenvalue weighted by atomic mass is 16.5. The molecule has 0 aliphatic heterocycles. The second-order valence-corrected chi connectivity index (χ2v) is 6.19. The van der Waals surface area contributed by atoms with Crippen LogP contribution in [0.15, 0.2) is 30.4 Å². The normalized spacial score (nSPS) is 22.6. The van der Waals surface area contributed by atoms with E-state index in [-0.39, 0.29) is 0 Å². The highest BCUT2D eigenvalue weighted by Crippen LogP contribution is 2.37. The van der Waals surface area contributed by atoms with Gasteiger partial charge in [0, 0.05) is 0 Å². The summed E-state index contributed by atoms with van der Waals surface area (Å²) in [4.78, 5) is 0. The zero-order chi connectivity index (χ0) is 15.1. The summed E-state index contributed by atoms with van der Waals surface area (Å²) in [5.41, 5.74) is 2.92. The number of rotatable bonds is 6. The van der Waals surface area contributed by atoms with Crippen molar-refractivity contribution in [2.45, 2.75) is 65.2 Å². The van der Waals surface area contributed by atoms with Crippen LogP contribution in [0, 0.1) is 5.92 Å². The number of allylic oxidation sites excluding steroid dienone is 2. The molecule has 0 radical (unpaired) electrons. The van der Waals surface area contributed by atoms with Crippen LogP contribution in [-0.4, -0.2) is 6.61 Å². The summed E-state index contributed by atoms with van der Waals surface area (Å²) in [5.74, 6) is 2.65. The Balaban J connectivity index is 2.08. The van der Waals surface area contributed by atoms with E-state index in [9.17, 15) is 0 Å². The summed E-state index contributed by atoms with van der Waals surface area (Å²) in [6.45, 7) is 7.19. The molecule has 0 unspecified atom stereocenters. The van der Waals surface area contributed by atoms with Gasteiger partial charge in [-0.15, -0.1) is 0 Å². The lowest BCUT2D eigenvalue weighted by Gasteiger charge is -2.27. The molecule has 1 aromatic rings. The van der Waals surface area contributed by atoms with E-state index in [1.54, 1.807) is 0 Å². The van der Waals surface area contributed by atoms with Crippen molar-refractivity contribution in [3.8, 4) is 5.75 Å². The van der Waals surface area contributed by atoms with Gasteiger partial charge >= 0.3 is 0 Å². The van der Waals surface area contributed by atoms with E-state index in [0.29, 0.717) is 0 Å². The fourth-order valence-corrected chi connectivity index (χ4v) is 3.53. The van der Waals surface area contributed by atoms with E-state index < -0.39 is 0 Å². The zero-order valence-electron chi connectivity index (χ0n) is 13.9. The van der Waals surface area contributed by atoms with Crippen LogP contribution in [0.1, 0.15) is 69.9 Å². The van der Waals surface area contributed by atoms with Crippen LogP contribution in [0.25, 0.3) is 0 Å². The lowest BCUT2D eigenvalue weighted by molar-refractivity contribution is 0.335. The summed E-state index contributed by atoms with van der Waals surface area (Å²) in [7, 11) is 0. The van der Waals surface area contributed by atoms with E-state index >= 15 is 0 Å². The van der Waals surface area contributed by atoms with Gasteiger partial charge in [0.1, 0.15) is 5.75 Å². The largest absolute Gasteiger partial charge is 0.494 e. The molecule has 21 heavy (non-hydrogen) atoms. The molecule has 2 rings (SSSR count). The van der Waals surface area contributed by atoms with E-state index in [1.807, 2.05) is 0 Å². The topological polar surface area (TPSA) is 9.23 Å². The smallest absolute Gasteiger partial charge is 0.122 e. The summed E-state index contributed by atoms with van der Waals surface area (Å²) in [6, 6.07) is 6.90. The minimum Gasteiger partial charge on any atom is -0.494 e. The first-order valence-corrected chi connectivity index (χ1v) is 8.66. The Morgan fingerprint density at radius 1 is 1.14 bits per heavy atom. The van der Waals surface area contributed by atoms with Crippen LogP contribution in [0.2, 0.25) is 0 Å². The third-order valence-corrected chi connectivity index (χ3v) is 4.61. The lowest BCUT2D eigenvalue weighted by Crippen LogP contribution is -2.12. The van der Waals surface area contributed by atoms with Gasteiger partial charge in [0.2, 0.25) is 0 Å². The van der Waals surface area contributed by atoms with Crippen LogP contribution in [-0.2, 0) is 6.42 Å². The number of ether oxygens (including phenoxy) is 1. The van der Waals surface area contributed by atoms with Crippen molar-refractivity contribution in [2.24, 2.45) is 5.92 Å². The van der Waals surface area contributed by atoms with E-state index in [1.165, 1.54) is 43.2 Å². The maximum absolute atomic E-state index is 5.77. The first-order valence-electron chi connectivity index (χ1n) is 8.66. The first kappa shape index (κ1) is 16.1. The average Bonchev–Trinajstić information content (AvgIpc) is 2.51. The van der Waals surface area contributed by atoms with Crippen molar-refractivity contribution in [1.82, 2.24) is 0 Å². The van der Waals surface area contributed by atoms with Crippen molar-refractivity contribution >= 4 is 0 Å². The van der Waals surface area contributed by atoms with Gasteiger partial charge in [-0.25, -0.2) is 0 Å². The van der Waals surface area contributed by atoms with Crippen LogP contribution < -0.4 is 4.74 Å². The Labute approximate surface area is 130 Å². The fourth-order valence-electron chi connectivity index (χ4n) is 3.53. The third-order valence-electron chi connectivity index (χ3n) is 4.61. The van der Waals surface area contributed by atoms with Gasteiger partial charge in [0.15, 0.2) is 0 Å². The van der Waals surface area contributed by atoms with E-state index in [2.05, 4.69) is 51.1 Å².